The second-order valence-electron chi connectivity index (χ2n) is 3.43. The smallest absolute Gasteiger partial charge is 0.441 e. The number of hydrazone groups is 1. The van der Waals surface area contributed by atoms with Gasteiger partial charge in [0.05, 0.1) is 12.3 Å². The molecular weight excluding hydrogens is 301 g/mol. The number of nitrogens with one attached hydrogen (secondary N) is 1. The molecule has 92 valence electrons. The molecule has 0 fully saturated rings. The van der Waals surface area contributed by atoms with E-state index < -0.39 is 10.8 Å². The van der Waals surface area contributed by atoms with Gasteiger partial charge in [-0.25, -0.2) is 0 Å². The van der Waals surface area contributed by atoms with Crippen LogP contribution in [0, 0.1) is 0 Å². The number of hydrogen-bond acceptors (Lipinski definition) is 3. The zero-order valence-electron chi connectivity index (χ0n) is 8.51. The Balaban J connectivity index is 2.10. The van der Waals surface area contributed by atoms with Crippen molar-refractivity contribution in [3.05, 3.63) is 23.8 Å². The van der Waals surface area contributed by atoms with E-state index in [1.165, 1.54) is 0 Å². The van der Waals surface area contributed by atoms with Gasteiger partial charge in [0.15, 0.2) is 0 Å². The van der Waals surface area contributed by atoms with Crippen molar-refractivity contribution < 1.29 is 17.9 Å². The highest BCUT2D eigenvalue weighted by Gasteiger charge is 2.34. The number of nitrogens with zero attached hydrogens (tertiary/aromatic N) is 1. The molecule has 0 aromatic heterocycles. The largest absolute Gasteiger partial charge is 0.493 e. The lowest BCUT2D eigenvalue weighted by Gasteiger charge is -2.06. The molecular formula is C10H8BrF3N2O. The zero-order chi connectivity index (χ0) is 12.5. The second-order valence-corrected chi connectivity index (χ2v) is 4.18. The minimum absolute atomic E-state index is 0.496. The highest BCUT2D eigenvalue weighted by atomic mass is 79.9. The zero-order valence-corrected chi connectivity index (χ0v) is 10.1. The lowest BCUT2D eigenvalue weighted by atomic mass is 10.1. The second kappa shape index (κ2) is 4.56. The molecule has 0 spiro atoms. The van der Waals surface area contributed by atoms with E-state index in [2.05, 4.69) is 26.5 Å². The summed E-state index contributed by atoms with van der Waals surface area (Å²) in [5.74, 6) is 0.773. The van der Waals surface area contributed by atoms with E-state index in [0.29, 0.717) is 12.3 Å². The van der Waals surface area contributed by atoms with Gasteiger partial charge in [0.2, 0.25) is 4.62 Å². The van der Waals surface area contributed by atoms with Crippen LogP contribution in [0.4, 0.5) is 18.9 Å². The van der Waals surface area contributed by atoms with Crippen LogP contribution in [0.5, 0.6) is 5.75 Å². The summed E-state index contributed by atoms with van der Waals surface area (Å²) in [4.78, 5) is 0. The molecule has 0 saturated heterocycles. The topological polar surface area (TPSA) is 33.6 Å². The SMILES string of the molecule is FC(F)(F)/C(Br)=N/Nc1ccc2c(c1)CCO2. The van der Waals surface area contributed by atoms with Crippen molar-refractivity contribution in [1.82, 2.24) is 0 Å². The third kappa shape index (κ3) is 2.91. The minimum Gasteiger partial charge on any atom is -0.493 e. The van der Waals surface area contributed by atoms with Crippen molar-refractivity contribution in [3.63, 3.8) is 0 Å². The molecule has 0 bridgehead atoms. The number of alkyl halides is 3. The number of benzene rings is 1. The third-order valence-corrected chi connectivity index (χ3v) is 2.83. The molecule has 3 nitrogen and oxygen atoms in total. The fourth-order valence-electron chi connectivity index (χ4n) is 1.43. The van der Waals surface area contributed by atoms with Gasteiger partial charge in [0.25, 0.3) is 0 Å². The summed E-state index contributed by atoms with van der Waals surface area (Å²) >= 11 is 2.36. The van der Waals surface area contributed by atoms with Crippen LogP contribution in [-0.4, -0.2) is 17.4 Å². The van der Waals surface area contributed by atoms with Gasteiger partial charge >= 0.3 is 6.18 Å². The number of ether oxygens (including phenoxy) is 1. The summed E-state index contributed by atoms with van der Waals surface area (Å²) in [6.45, 7) is 0.605. The Bertz CT molecular complexity index is 459. The molecule has 0 aliphatic carbocycles. The van der Waals surface area contributed by atoms with Gasteiger partial charge in [-0.15, -0.1) is 0 Å². The number of rotatable bonds is 2. The Morgan fingerprint density at radius 3 is 2.88 bits per heavy atom. The first kappa shape index (κ1) is 12.2. The third-order valence-electron chi connectivity index (χ3n) is 2.21. The van der Waals surface area contributed by atoms with Gasteiger partial charge in [-0.1, -0.05) is 0 Å². The Hall–Kier alpha value is -1.24. The van der Waals surface area contributed by atoms with Crippen molar-refractivity contribution in [1.29, 1.82) is 0 Å². The summed E-state index contributed by atoms with van der Waals surface area (Å²) in [6.07, 6.45) is -3.72. The van der Waals surface area contributed by atoms with Crippen LogP contribution in [0.25, 0.3) is 0 Å². The van der Waals surface area contributed by atoms with Gasteiger partial charge in [0.1, 0.15) is 5.75 Å². The highest BCUT2D eigenvalue weighted by Crippen LogP contribution is 2.28. The summed E-state index contributed by atoms with van der Waals surface area (Å²) in [6, 6.07) is 5.05. The molecule has 7 heteroatoms. The fraction of sp³-hybridized carbons (Fsp3) is 0.300. The summed E-state index contributed by atoms with van der Waals surface area (Å²) in [5, 5.41) is 3.21. The molecule has 0 atom stereocenters. The first-order valence-electron chi connectivity index (χ1n) is 4.79. The van der Waals surface area contributed by atoms with Gasteiger partial charge in [-0.3, -0.25) is 5.43 Å². The van der Waals surface area contributed by atoms with Gasteiger partial charge < -0.3 is 4.74 Å². The predicted molar refractivity (Wildman–Crippen MR) is 61.7 cm³/mol. The van der Waals surface area contributed by atoms with E-state index in [4.69, 9.17) is 4.74 Å². The van der Waals surface area contributed by atoms with Crippen LogP contribution in [0.2, 0.25) is 0 Å². The minimum atomic E-state index is -4.48. The van der Waals surface area contributed by atoms with Gasteiger partial charge in [-0.2, -0.15) is 18.3 Å². The van der Waals surface area contributed by atoms with E-state index in [9.17, 15) is 13.2 Å². The van der Waals surface area contributed by atoms with Crippen molar-refractivity contribution in [3.8, 4) is 5.75 Å². The quantitative estimate of drug-likeness (QED) is 0.672. The van der Waals surface area contributed by atoms with Crippen molar-refractivity contribution in [2.45, 2.75) is 12.6 Å². The lowest BCUT2D eigenvalue weighted by Crippen LogP contribution is -2.17. The molecule has 1 aromatic rings. The van der Waals surface area contributed by atoms with Crippen molar-refractivity contribution >= 4 is 26.2 Å². The van der Waals surface area contributed by atoms with Crippen LogP contribution in [0.1, 0.15) is 5.56 Å². The average Bonchev–Trinajstić information content (AvgIpc) is 2.71. The van der Waals surface area contributed by atoms with Crippen LogP contribution >= 0.6 is 15.9 Å². The Morgan fingerprint density at radius 2 is 2.18 bits per heavy atom. The molecule has 0 unspecified atom stereocenters. The average molecular weight is 309 g/mol. The monoisotopic (exact) mass is 308 g/mol. The number of fused-ring (bicyclic) bond motifs is 1. The molecule has 1 heterocycles. The molecule has 0 saturated carbocycles. The Morgan fingerprint density at radius 1 is 1.41 bits per heavy atom. The van der Waals surface area contributed by atoms with Crippen LogP contribution in [0.15, 0.2) is 23.3 Å². The normalized spacial score (nSPS) is 15.4. The van der Waals surface area contributed by atoms with E-state index >= 15 is 0 Å². The Kier molecular flexibility index (Phi) is 3.28. The molecule has 1 aliphatic heterocycles. The molecule has 1 aliphatic rings. The summed E-state index contributed by atoms with van der Waals surface area (Å²) < 4.78 is 40.6. The standard InChI is InChI=1S/C10H8BrF3N2O/c11-9(10(12,13)14)16-15-7-1-2-8-6(5-7)3-4-17-8/h1-2,5,15H,3-4H2/b16-9-. The van der Waals surface area contributed by atoms with Crippen molar-refractivity contribution in [2.24, 2.45) is 5.10 Å². The van der Waals surface area contributed by atoms with E-state index in [-0.39, 0.29) is 0 Å². The van der Waals surface area contributed by atoms with Gasteiger partial charge in [0, 0.05) is 6.42 Å². The molecule has 17 heavy (non-hydrogen) atoms. The van der Waals surface area contributed by atoms with E-state index in [0.717, 1.165) is 17.7 Å². The lowest BCUT2D eigenvalue weighted by molar-refractivity contribution is -0.0551. The van der Waals surface area contributed by atoms with Crippen molar-refractivity contribution in [2.75, 3.05) is 12.0 Å². The predicted octanol–water partition coefficient (Wildman–Crippen LogP) is 3.30. The molecule has 1 N–H and O–H groups in total. The van der Waals surface area contributed by atoms with Crippen LogP contribution < -0.4 is 10.2 Å². The van der Waals surface area contributed by atoms with Gasteiger partial charge in [-0.05, 0) is 39.7 Å². The first-order chi connectivity index (χ1) is 7.97. The van der Waals surface area contributed by atoms with Crippen LogP contribution in [-0.2, 0) is 6.42 Å². The van der Waals surface area contributed by atoms with E-state index in [1.807, 2.05) is 0 Å². The first-order valence-corrected chi connectivity index (χ1v) is 5.58. The molecule has 0 radical (unpaired) electrons. The number of anilines is 1. The number of hydrogen-bond donors (Lipinski definition) is 1. The number of halogens is 4. The summed E-state index contributed by atoms with van der Waals surface area (Å²) in [5.41, 5.74) is 3.81. The molecule has 1 aromatic carbocycles. The fourth-order valence-corrected chi connectivity index (χ4v) is 1.52. The Labute approximate surface area is 104 Å². The summed E-state index contributed by atoms with van der Waals surface area (Å²) in [7, 11) is 0. The molecule has 2 rings (SSSR count). The van der Waals surface area contributed by atoms with Crippen LogP contribution in [0.3, 0.4) is 0 Å². The maximum atomic E-state index is 12.1. The maximum Gasteiger partial charge on any atom is 0.441 e. The molecule has 0 amide bonds. The maximum absolute atomic E-state index is 12.1. The highest BCUT2D eigenvalue weighted by molar-refractivity contribution is 9.18. The van der Waals surface area contributed by atoms with E-state index in [1.54, 1.807) is 18.2 Å².